The lowest BCUT2D eigenvalue weighted by Gasteiger charge is -2.18. The van der Waals surface area contributed by atoms with Crippen LogP contribution in [0.25, 0.3) is 0 Å². The highest BCUT2D eigenvalue weighted by Crippen LogP contribution is 2.19. The van der Waals surface area contributed by atoms with E-state index in [1.165, 1.54) is 11.1 Å². The third-order valence-electron chi connectivity index (χ3n) is 4.53. The highest BCUT2D eigenvalue weighted by molar-refractivity contribution is 5.79. The summed E-state index contributed by atoms with van der Waals surface area (Å²) in [5.74, 6) is 2.29. The molecular formula is C23H29N5O2. The van der Waals surface area contributed by atoms with Crippen molar-refractivity contribution in [2.75, 3.05) is 20.7 Å². The number of nitrogens with one attached hydrogen (secondary N) is 2. The summed E-state index contributed by atoms with van der Waals surface area (Å²) in [5, 5.41) is 6.66. The van der Waals surface area contributed by atoms with Crippen molar-refractivity contribution in [1.29, 1.82) is 0 Å². The summed E-state index contributed by atoms with van der Waals surface area (Å²) in [6.45, 7) is 4.12. The third-order valence-corrected chi connectivity index (χ3v) is 4.53. The van der Waals surface area contributed by atoms with E-state index in [0.29, 0.717) is 13.1 Å². The van der Waals surface area contributed by atoms with Crippen LogP contribution >= 0.6 is 0 Å². The summed E-state index contributed by atoms with van der Waals surface area (Å²) in [7, 11) is 3.41. The van der Waals surface area contributed by atoms with Gasteiger partial charge in [0.15, 0.2) is 5.96 Å². The highest BCUT2D eigenvalue weighted by atomic mass is 16.5. The summed E-state index contributed by atoms with van der Waals surface area (Å²) >= 11 is 0. The van der Waals surface area contributed by atoms with Crippen LogP contribution in [0.1, 0.15) is 18.1 Å². The Labute approximate surface area is 177 Å². The Bertz CT molecular complexity index is 940. The fraction of sp³-hybridized carbons (Fsp3) is 0.304. The Hall–Kier alpha value is -3.48. The Morgan fingerprint density at radius 1 is 1.10 bits per heavy atom. The first-order valence-corrected chi connectivity index (χ1v) is 9.95. The Kier molecular flexibility index (Phi) is 7.71. The average molecular weight is 408 g/mol. The van der Waals surface area contributed by atoms with Crippen molar-refractivity contribution < 1.29 is 9.47 Å². The molecule has 1 heterocycles. The van der Waals surface area contributed by atoms with Gasteiger partial charge in [-0.25, -0.2) is 4.98 Å². The fourth-order valence-electron chi connectivity index (χ4n) is 3.02. The van der Waals surface area contributed by atoms with E-state index in [4.69, 9.17) is 9.47 Å². The van der Waals surface area contributed by atoms with Gasteiger partial charge in [0.1, 0.15) is 17.6 Å². The first kappa shape index (κ1) is 21.2. The number of benzene rings is 2. The lowest BCUT2D eigenvalue weighted by atomic mass is 10.1. The summed E-state index contributed by atoms with van der Waals surface area (Å²) in [4.78, 5) is 8.39. The zero-order valence-corrected chi connectivity index (χ0v) is 17.7. The SMILES string of the molecule is CN=C(NCc1cccc(Cn2ccnc2)c1)NCC(C)Oc1cccc(OC)c1. The van der Waals surface area contributed by atoms with Gasteiger partial charge in [-0.15, -0.1) is 0 Å². The summed E-state index contributed by atoms with van der Waals surface area (Å²) in [6.07, 6.45) is 5.55. The topological polar surface area (TPSA) is 72.7 Å². The van der Waals surface area contributed by atoms with Gasteiger partial charge in [-0.3, -0.25) is 4.99 Å². The Balaban J connectivity index is 1.46. The van der Waals surface area contributed by atoms with Gasteiger partial charge in [-0.1, -0.05) is 30.3 Å². The molecule has 0 spiro atoms. The summed E-state index contributed by atoms with van der Waals surface area (Å²) < 4.78 is 13.2. The van der Waals surface area contributed by atoms with E-state index in [1.807, 2.05) is 43.7 Å². The number of hydrogen-bond acceptors (Lipinski definition) is 4. The standard InChI is InChI=1S/C23H29N5O2/c1-18(30-22-9-5-8-21(13-22)29-3)14-26-23(24-2)27-15-19-6-4-7-20(12-19)16-28-11-10-25-17-28/h4-13,17-18H,14-16H2,1-3H3,(H2,24,26,27). The minimum Gasteiger partial charge on any atom is -0.497 e. The predicted molar refractivity (Wildman–Crippen MR) is 119 cm³/mol. The molecule has 1 aromatic heterocycles. The van der Waals surface area contributed by atoms with Gasteiger partial charge in [0, 0.05) is 38.6 Å². The van der Waals surface area contributed by atoms with Crippen LogP contribution in [0.5, 0.6) is 11.5 Å². The van der Waals surface area contributed by atoms with Gasteiger partial charge in [0.2, 0.25) is 0 Å². The normalized spacial score (nSPS) is 12.3. The van der Waals surface area contributed by atoms with Gasteiger partial charge >= 0.3 is 0 Å². The highest BCUT2D eigenvalue weighted by Gasteiger charge is 2.07. The van der Waals surface area contributed by atoms with E-state index in [-0.39, 0.29) is 6.10 Å². The molecule has 0 bridgehead atoms. The van der Waals surface area contributed by atoms with Gasteiger partial charge in [-0.2, -0.15) is 0 Å². The molecule has 3 rings (SSSR count). The second kappa shape index (κ2) is 10.9. The molecule has 0 fully saturated rings. The molecule has 1 atom stereocenters. The zero-order valence-electron chi connectivity index (χ0n) is 17.7. The van der Waals surface area contributed by atoms with Crippen molar-refractivity contribution in [3.05, 3.63) is 78.4 Å². The smallest absolute Gasteiger partial charge is 0.191 e. The molecule has 158 valence electrons. The number of rotatable bonds is 9. The fourth-order valence-corrected chi connectivity index (χ4v) is 3.02. The van der Waals surface area contributed by atoms with Crippen LogP contribution in [0.15, 0.2) is 72.2 Å². The molecule has 2 aromatic carbocycles. The molecule has 30 heavy (non-hydrogen) atoms. The van der Waals surface area contributed by atoms with Crippen molar-refractivity contribution in [3.63, 3.8) is 0 Å². The maximum absolute atomic E-state index is 5.95. The molecule has 2 N–H and O–H groups in total. The van der Waals surface area contributed by atoms with Gasteiger partial charge < -0.3 is 24.7 Å². The molecule has 1 unspecified atom stereocenters. The first-order chi connectivity index (χ1) is 14.7. The van der Waals surface area contributed by atoms with E-state index < -0.39 is 0 Å². The molecule has 0 aliphatic rings. The van der Waals surface area contributed by atoms with Crippen molar-refractivity contribution in [2.24, 2.45) is 4.99 Å². The molecule has 0 aliphatic carbocycles. The molecule has 0 saturated carbocycles. The average Bonchev–Trinajstić information content (AvgIpc) is 3.27. The Morgan fingerprint density at radius 3 is 2.67 bits per heavy atom. The second-order valence-electron chi connectivity index (χ2n) is 6.97. The quantitative estimate of drug-likeness (QED) is 0.421. The van der Waals surface area contributed by atoms with Crippen molar-refractivity contribution in [1.82, 2.24) is 20.2 Å². The molecule has 7 nitrogen and oxygen atoms in total. The Morgan fingerprint density at radius 2 is 1.90 bits per heavy atom. The predicted octanol–water partition coefficient (Wildman–Crippen LogP) is 3.07. The number of ether oxygens (including phenoxy) is 2. The number of nitrogens with zero attached hydrogens (tertiary/aromatic N) is 3. The molecule has 0 saturated heterocycles. The summed E-state index contributed by atoms with van der Waals surface area (Å²) in [5.41, 5.74) is 2.42. The maximum atomic E-state index is 5.95. The van der Waals surface area contributed by atoms with E-state index >= 15 is 0 Å². The lowest BCUT2D eigenvalue weighted by molar-refractivity contribution is 0.223. The molecule has 7 heteroatoms. The van der Waals surface area contributed by atoms with Crippen molar-refractivity contribution >= 4 is 5.96 Å². The van der Waals surface area contributed by atoms with Crippen molar-refractivity contribution in [2.45, 2.75) is 26.1 Å². The largest absolute Gasteiger partial charge is 0.497 e. The second-order valence-corrected chi connectivity index (χ2v) is 6.97. The van der Waals surface area contributed by atoms with Crippen LogP contribution in [0.4, 0.5) is 0 Å². The summed E-state index contributed by atoms with van der Waals surface area (Å²) in [6, 6.07) is 16.1. The van der Waals surface area contributed by atoms with Crippen LogP contribution in [-0.2, 0) is 13.1 Å². The van der Waals surface area contributed by atoms with Crippen LogP contribution < -0.4 is 20.1 Å². The maximum Gasteiger partial charge on any atom is 0.191 e. The third kappa shape index (κ3) is 6.55. The number of imidazole rings is 1. The van der Waals surface area contributed by atoms with E-state index in [1.54, 1.807) is 20.4 Å². The zero-order chi connectivity index (χ0) is 21.2. The lowest BCUT2D eigenvalue weighted by Crippen LogP contribution is -2.41. The molecule has 0 aliphatic heterocycles. The van der Waals surface area contributed by atoms with Crippen LogP contribution in [0.2, 0.25) is 0 Å². The number of aliphatic imine (C=N–C) groups is 1. The van der Waals surface area contributed by atoms with Crippen LogP contribution in [0.3, 0.4) is 0 Å². The molecule has 0 radical (unpaired) electrons. The molecule has 0 amide bonds. The number of guanidine groups is 1. The van der Waals surface area contributed by atoms with Gasteiger partial charge in [0.05, 0.1) is 20.0 Å². The first-order valence-electron chi connectivity index (χ1n) is 9.95. The molecule has 3 aromatic rings. The molecular weight excluding hydrogens is 378 g/mol. The van der Waals surface area contributed by atoms with E-state index in [0.717, 1.165) is 24.0 Å². The minimum atomic E-state index is -0.0332. The van der Waals surface area contributed by atoms with Crippen molar-refractivity contribution in [3.8, 4) is 11.5 Å². The minimum absolute atomic E-state index is 0.0332. The number of aromatic nitrogens is 2. The van der Waals surface area contributed by atoms with Crippen LogP contribution in [-0.4, -0.2) is 42.3 Å². The van der Waals surface area contributed by atoms with Crippen LogP contribution in [0, 0.1) is 0 Å². The van der Waals surface area contributed by atoms with Gasteiger partial charge in [-0.05, 0) is 30.2 Å². The monoisotopic (exact) mass is 407 g/mol. The number of methoxy groups -OCH3 is 1. The van der Waals surface area contributed by atoms with Gasteiger partial charge in [0.25, 0.3) is 0 Å². The van der Waals surface area contributed by atoms with E-state index in [9.17, 15) is 0 Å². The number of hydrogen-bond donors (Lipinski definition) is 2. The van der Waals surface area contributed by atoms with E-state index in [2.05, 4.69) is 49.4 Å².